The van der Waals surface area contributed by atoms with E-state index in [9.17, 15) is 0 Å². The lowest BCUT2D eigenvalue weighted by atomic mass is 10.3. The average Bonchev–Trinajstić information content (AvgIpc) is 3.07. The number of hydrogen-bond donors (Lipinski definition) is 1. The summed E-state index contributed by atoms with van der Waals surface area (Å²) in [4.78, 5) is 8.49. The van der Waals surface area contributed by atoms with E-state index in [2.05, 4.69) is 25.0 Å². The van der Waals surface area contributed by atoms with Gasteiger partial charge in [0.05, 0.1) is 16.8 Å². The topological polar surface area (TPSA) is 73.1 Å². The zero-order valence-corrected chi connectivity index (χ0v) is 11.8. The summed E-state index contributed by atoms with van der Waals surface area (Å²) in [6, 6.07) is 5.93. The van der Waals surface area contributed by atoms with Gasteiger partial charge in [-0.2, -0.15) is 4.98 Å². The van der Waals surface area contributed by atoms with Gasteiger partial charge in [0.15, 0.2) is 11.0 Å². The summed E-state index contributed by atoms with van der Waals surface area (Å²) in [7, 11) is 0. The summed E-state index contributed by atoms with van der Waals surface area (Å²) in [5.41, 5.74) is 0.973. The third kappa shape index (κ3) is 2.88. The zero-order chi connectivity index (χ0) is 13.8. The first-order chi connectivity index (χ1) is 9.85. The second-order valence-electron chi connectivity index (χ2n) is 4.11. The Bertz CT molecular complexity index is 681. The van der Waals surface area contributed by atoms with Crippen LogP contribution in [0.1, 0.15) is 12.7 Å². The molecular weight excluding hydrogens is 276 g/mol. The monoisotopic (exact) mass is 290 g/mol. The SMILES string of the molecule is CCOc1ccc2nc(NCCc3ncon3)sc2c1. The second-order valence-corrected chi connectivity index (χ2v) is 5.14. The average molecular weight is 290 g/mol. The standard InChI is InChI=1S/C13H14N4O2S/c1-2-18-9-3-4-10-11(7-9)20-13(16-10)14-6-5-12-15-8-19-17-12/h3-4,7-8H,2,5-6H2,1H3,(H,14,16). The molecule has 0 atom stereocenters. The minimum Gasteiger partial charge on any atom is -0.494 e. The van der Waals surface area contributed by atoms with Crippen molar-refractivity contribution in [2.45, 2.75) is 13.3 Å². The molecule has 3 aromatic rings. The molecule has 1 aromatic carbocycles. The van der Waals surface area contributed by atoms with Crippen LogP contribution in [0.2, 0.25) is 0 Å². The molecule has 0 unspecified atom stereocenters. The maximum absolute atomic E-state index is 5.48. The summed E-state index contributed by atoms with van der Waals surface area (Å²) in [5.74, 6) is 1.57. The molecule has 0 bridgehead atoms. The van der Waals surface area contributed by atoms with Crippen LogP contribution < -0.4 is 10.1 Å². The van der Waals surface area contributed by atoms with Gasteiger partial charge < -0.3 is 14.6 Å². The predicted molar refractivity (Wildman–Crippen MR) is 77.3 cm³/mol. The lowest BCUT2D eigenvalue weighted by molar-refractivity contribution is 0.341. The van der Waals surface area contributed by atoms with Gasteiger partial charge in [-0.15, -0.1) is 0 Å². The van der Waals surface area contributed by atoms with Crippen molar-refractivity contribution in [1.29, 1.82) is 0 Å². The van der Waals surface area contributed by atoms with Gasteiger partial charge in [-0.25, -0.2) is 4.98 Å². The highest BCUT2D eigenvalue weighted by atomic mass is 32.1. The van der Waals surface area contributed by atoms with E-state index in [4.69, 9.17) is 4.74 Å². The Morgan fingerprint density at radius 1 is 1.40 bits per heavy atom. The summed E-state index contributed by atoms with van der Waals surface area (Å²) < 4.78 is 11.3. The van der Waals surface area contributed by atoms with Crippen molar-refractivity contribution in [3.05, 3.63) is 30.4 Å². The molecule has 0 aliphatic carbocycles. The Morgan fingerprint density at radius 2 is 2.35 bits per heavy atom. The van der Waals surface area contributed by atoms with Gasteiger partial charge in [-0.3, -0.25) is 0 Å². The molecule has 0 fully saturated rings. The molecule has 2 aromatic heterocycles. The minimum absolute atomic E-state index is 0.667. The van der Waals surface area contributed by atoms with Crippen LogP contribution in [0.25, 0.3) is 10.2 Å². The van der Waals surface area contributed by atoms with Crippen LogP contribution in [0.15, 0.2) is 29.1 Å². The number of hydrogen-bond acceptors (Lipinski definition) is 7. The first-order valence-electron chi connectivity index (χ1n) is 6.37. The van der Waals surface area contributed by atoms with Crippen molar-refractivity contribution in [2.75, 3.05) is 18.5 Å². The summed E-state index contributed by atoms with van der Waals surface area (Å²) in [6.07, 6.45) is 2.04. The van der Waals surface area contributed by atoms with Gasteiger partial charge in [-0.1, -0.05) is 16.5 Å². The van der Waals surface area contributed by atoms with Gasteiger partial charge in [0.2, 0.25) is 6.39 Å². The van der Waals surface area contributed by atoms with Gasteiger partial charge in [0.1, 0.15) is 5.75 Å². The van der Waals surface area contributed by atoms with Crippen molar-refractivity contribution in [1.82, 2.24) is 15.1 Å². The maximum Gasteiger partial charge on any atom is 0.213 e. The molecule has 0 amide bonds. The van der Waals surface area contributed by atoms with Crippen molar-refractivity contribution in [2.24, 2.45) is 0 Å². The van der Waals surface area contributed by atoms with E-state index >= 15 is 0 Å². The molecule has 6 nitrogen and oxygen atoms in total. The number of ether oxygens (including phenoxy) is 1. The number of benzene rings is 1. The number of nitrogens with one attached hydrogen (secondary N) is 1. The molecule has 20 heavy (non-hydrogen) atoms. The molecule has 1 N–H and O–H groups in total. The third-order valence-corrected chi connectivity index (χ3v) is 3.68. The molecule has 7 heteroatoms. The Morgan fingerprint density at radius 3 is 3.15 bits per heavy atom. The molecular formula is C13H14N4O2S. The summed E-state index contributed by atoms with van der Waals surface area (Å²) >= 11 is 1.61. The molecule has 0 spiro atoms. The van der Waals surface area contributed by atoms with Crippen LogP contribution in [0.5, 0.6) is 5.75 Å². The highest BCUT2D eigenvalue weighted by Crippen LogP contribution is 2.29. The van der Waals surface area contributed by atoms with Crippen molar-refractivity contribution >= 4 is 26.7 Å². The Balaban J connectivity index is 1.66. The smallest absolute Gasteiger partial charge is 0.213 e. The van der Waals surface area contributed by atoms with Gasteiger partial charge in [0.25, 0.3) is 0 Å². The highest BCUT2D eigenvalue weighted by molar-refractivity contribution is 7.22. The molecule has 0 radical (unpaired) electrons. The van der Waals surface area contributed by atoms with Crippen LogP contribution >= 0.6 is 11.3 Å². The Kier molecular flexibility index (Phi) is 3.78. The quantitative estimate of drug-likeness (QED) is 0.752. The van der Waals surface area contributed by atoms with Crippen LogP contribution in [0, 0.1) is 0 Å². The molecule has 2 heterocycles. The number of nitrogens with zero attached hydrogens (tertiary/aromatic N) is 3. The molecule has 3 rings (SSSR count). The van der Waals surface area contributed by atoms with Crippen molar-refractivity contribution in [3.63, 3.8) is 0 Å². The van der Waals surface area contributed by atoms with E-state index in [1.54, 1.807) is 11.3 Å². The molecule has 104 valence electrons. The molecule has 0 aliphatic rings. The summed E-state index contributed by atoms with van der Waals surface area (Å²) in [6.45, 7) is 3.36. The minimum atomic E-state index is 0.667. The Labute approximate surface area is 119 Å². The van der Waals surface area contributed by atoms with E-state index < -0.39 is 0 Å². The van der Waals surface area contributed by atoms with Crippen LogP contribution in [-0.4, -0.2) is 28.3 Å². The van der Waals surface area contributed by atoms with E-state index in [1.165, 1.54) is 6.39 Å². The normalized spacial score (nSPS) is 10.8. The summed E-state index contributed by atoms with van der Waals surface area (Å²) in [5, 5.41) is 7.92. The predicted octanol–water partition coefficient (Wildman–Crippen LogP) is 2.73. The second kappa shape index (κ2) is 5.87. The fourth-order valence-corrected chi connectivity index (χ4v) is 2.74. The van der Waals surface area contributed by atoms with Crippen LogP contribution in [-0.2, 0) is 6.42 Å². The van der Waals surface area contributed by atoms with E-state index in [1.807, 2.05) is 25.1 Å². The van der Waals surface area contributed by atoms with E-state index in [0.717, 1.165) is 27.6 Å². The maximum atomic E-state index is 5.48. The first-order valence-corrected chi connectivity index (χ1v) is 7.19. The molecule has 0 aliphatic heterocycles. The Hall–Kier alpha value is -2.15. The fourth-order valence-electron chi connectivity index (χ4n) is 1.82. The first kappa shape index (κ1) is 12.9. The number of anilines is 1. The number of thiazole rings is 1. The van der Waals surface area contributed by atoms with Gasteiger partial charge >= 0.3 is 0 Å². The van der Waals surface area contributed by atoms with Crippen LogP contribution in [0.4, 0.5) is 5.13 Å². The lowest BCUT2D eigenvalue weighted by Gasteiger charge is -2.00. The zero-order valence-electron chi connectivity index (χ0n) is 11.0. The van der Waals surface area contributed by atoms with E-state index in [-0.39, 0.29) is 0 Å². The highest BCUT2D eigenvalue weighted by Gasteiger charge is 2.05. The van der Waals surface area contributed by atoms with E-state index in [0.29, 0.717) is 18.9 Å². The number of fused-ring (bicyclic) bond motifs is 1. The van der Waals surface area contributed by atoms with Gasteiger partial charge in [0, 0.05) is 13.0 Å². The van der Waals surface area contributed by atoms with Crippen molar-refractivity contribution < 1.29 is 9.26 Å². The number of aromatic nitrogens is 3. The third-order valence-electron chi connectivity index (χ3n) is 2.70. The van der Waals surface area contributed by atoms with Crippen LogP contribution in [0.3, 0.4) is 0 Å². The lowest BCUT2D eigenvalue weighted by Crippen LogP contribution is -2.05. The van der Waals surface area contributed by atoms with Crippen molar-refractivity contribution in [3.8, 4) is 5.75 Å². The fraction of sp³-hybridized carbons (Fsp3) is 0.308. The van der Waals surface area contributed by atoms with Gasteiger partial charge in [-0.05, 0) is 25.1 Å². The molecule has 0 saturated carbocycles. The largest absolute Gasteiger partial charge is 0.494 e. The number of rotatable bonds is 6. The molecule has 0 saturated heterocycles.